The van der Waals surface area contributed by atoms with Crippen LogP contribution in [0.15, 0.2) is 63.9 Å². The van der Waals surface area contributed by atoms with Crippen molar-refractivity contribution >= 4 is 15.9 Å². The third-order valence-electron chi connectivity index (χ3n) is 4.70. The third-order valence-corrected chi connectivity index (χ3v) is 5.45. The average Bonchev–Trinajstić information content (AvgIpc) is 3.43. The van der Waals surface area contributed by atoms with Crippen molar-refractivity contribution in [2.45, 2.75) is 31.5 Å². The molecular formula is C20H16BrF3N2O. The molecule has 1 aliphatic carbocycles. The Morgan fingerprint density at radius 2 is 1.63 bits per heavy atom. The van der Waals surface area contributed by atoms with Gasteiger partial charge in [-0.1, -0.05) is 42.5 Å². The zero-order chi connectivity index (χ0) is 19.2. The van der Waals surface area contributed by atoms with Gasteiger partial charge in [0.2, 0.25) is 0 Å². The second-order valence-corrected chi connectivity index (χ2v) is 7.44. The lowest BCUT2D eigenvalue weighted by atomic mass is 10.1. The van der Waals surface area contributed by atoms with Crippen molar-refractivity contribution in [2.24, 2.45) is 0 Å². The summed E-state index contributed by atoms with van der Waals surface area (Å²) >= 11 is 3.34. The van der Waals surface area contributed by atoms with Crippen molar-refractivity contribution in [3.05, 3.63) is 86.2 Å². The number of halogens is 4. The number of aromatic nitrogens is 2. The van der Waals surface area contributed by atoms with Crippen molar-refractivity contribution in [2.75, 3.05) is 0 Å². The third kappa shape index (κ3) is 3.36. The number of para-hydroxylation sites is 1. The molecule has 140 valence electrons. The molecule has 0 atom stereocenters. The van der Waals surface area contributed by atoms with Crippen LogP contribution in [0, 0.1) is 0 Å². The van der Waals surface area contributed by atoms with Gasteiger partial charge in [-0.2, -0.15) is 13.2 Å². The molecule has 1 saturated carbocycles. The first-order valence-corrected chi connectivity index (χ1v) is 9.39. The maximum absolute atomic E-state index is 13.6. The Hall–Kier alpha value is -2.28. The average molecular weight is 437 g/mol. The Morgan fingerprint density at radius 3 is 2.26 bits per heavy atom. The number of alkyl halides is 3. The van der Waals surface area contributed by atoms with Crippen LogP contribution in [-0.4, -0.2) is 9.36 Å². The summed E-state index contributed by atoms with van der Waals surface area (Å²) in [5.74, 6) is 0.190. The van der Waals surface area contributed by atoms with Gasteiger partial charge in [0.15, 0.2) is 0 Å². The van der Waals surface area contributed by atoms with Gasteiger partial charge < -0.3 is 0 Å². The fraction of sp³-hybridized carbons (Fsp3) is 0.250. The first kappa shape index (κ1) is 18.1. The van der Waals surface area contributed by atoms with Gasteiger partial charge >= 0.3 is 6.18 Å². The molecule has 7 heteroatoms. The summed E-state index contributed by atoms with van der Waals surface area (Å²) in [6.07, 6.45) is -2.69. The number of nitrogens with zero attached hydrogens (tertiary/aromatic N) is 2. The van der Waals surface area contributed by atoms with Gasteiger partial charge in [0.1, 0.15) is 4.47 Å². The highest BCUT2D eigenvalue weighted by molar-refractivity contribution is 9.10. The molecule has 0 spiro atoms. The Kier molecular flexibility index (Phi) is 4.50. The molecular weight excluding hydrogens is 421 g/mol. The number of benzene rings is 2. The second kappa shape index (κ2) is 6.71. The normalized spacial score (nSPS) is 14.5. The second-order valence-electron chi connectivity index (χ2n) is 6.65. The van der Waals surface area contributed by atoms with E-state index in [1.54, 1.807) is 4.68 Å². The highest BCUT2D eigenvalue weighted by Gasteiger charge is 2.37. The first-order chi connectivity index (χ1) is 12.9. The van der Waals surface area contributed by atoms with E-state index in [2.05, 4.69) is 15.9 Å². The van der Waals surface area contributed by atoms with Crippen molar-refractivity contribution in [3.63, 3.8) is 0 Å². The van der Waals surface area contributed by atoms with E-state index < -0.39 is 17.3 Å². The highest BCUT2D eigenvalue weighted by atomic mass is 79.9. The minimum absolute atomic E-state index is 0.154. The van der Waals surface area contributed by atoms with Gasteiger partial charge in [-0.3, -0.25) is 9.48 Å². The minimum atomic E-state index is -4.55. The molecule has 0 bridgehead atoms. The van der Waals surface area contributed by atoms with Crippen LogP contribution in [0.4, 0.5) is 13.2 Å². The SMILES string of the molecule is O=c1c(Br)c(C2CC2)n(Cc2ccccc2)n1-c1ccccc1C(F)(F)F. The summed E-state index contributed by atoms with van der Waals surface area (Å²) in [5.41, 5.74) is 0.234. The summed E-state index contributed by atoms with van der Waals surface area (Å²) in [6, 6.07) is 14.6. The number of rotatable bonds is 4. The lowest BCUT2D eigenvalue weighted by Crippen LogP contribution is -2.25. The molecule has 4 rings (SSSR count). The van der Waals surface area contributed by atoms with E-state index in [1.165, 1.54) is 18.2 Å². The summed E-state index contributed by atoms with van der Waals surface area (Å²) < 4.78 is 43.9. The van der Waals surface area contributed by atoms with Gasteiger partial charge in [-0.15, -0.1) is 0 Å². The lowest BCUT2D eigenvalue weighted by Gasteiger charge is -2.18. The molecule has 0 aliphatic heterocycles. The van der Waals surface area contributed by atoms with Crippen LogP contribution in [0.3, 0.4) is 0 Å². The van der Waals surface area contributed by atoms with Gasteiger partial charge in [-0.25, -0.2) is 4.68 Å². The predicted molar refractivity (Wildman–Crippen MR) is 100 cm³/mol. The predicted octanol–water partition coefficient (Wildman–Crippen LogP) is 5.35. The summed E-state index contributed by atoms with van der Waals surface area (Å²) in [5, 5.41) is 0. The van der Waals surface area contributed by atoms with Crippen LogP contribution in [0.1, 0.15) is 35.6 Å². The molecule has 0 unspecified atom stereocenters. The van der Waals surface area contributed by atoms with Gasteiger partial charge in [-0.05, 0) is 46.5 Å². The van der Waals surface area contributed by atoms with Gasteiger partial charge in [0.05, 0.1) is 23.5 Å². The van der Waals surface area contributed by atoms with E-state index in [0.29, 0.717) is 11.0 Å². The molecule has 0 amide bonds. The van der Waals surface area contributed by atoms with Gasteiger partial charge in [0, 0.05) is 5.92 Å². The largest absolute Gasteiger partial charge is 0.418 e. The van der Waals surface area contributed by atoms with Crippen molar-refractivity contribution < 1.29 is 13.2 Å². The number of hydrogen-bond acceptors (Lipinski definition) is 1. The van der Waals surface area contributed by atoms with Crippen LogP contribution < -0.4 is 5.56 Å². The molecule has 2 aromatic carbocycles. The molecule has 1 aliphatic rings. The summed E-state index contributed by atoms with van der Waals surface area (Å²) in [6.45, 7) is 0.319. The molecule has 0 N–H and O–H groups in total. The van der Waals surface area contributed by atoms with Crippen molar-refractivity contribution in [1.29, 1.82) is 0 Å². The highest BCUT2D eigenvalue weighted by Crippen LogP contribution is 2.43. The maximum Gasteiger partial charge on any atom is 0.418 e. The lowest BCUT2D eigenvalue weighted by molar-refractivity contribution is -0.137. The topological polar surface area (TPSA) is 26.9 Å². The van der Waals surface area contributed by atoms with E-state index >= 15 is 0 Å². The Balaban J connectivity index is 1.97. The van der Waals surface area contributed by atoms with Crippen molar-refractivity contribution in [3.8, 4) is 5.69 Å². The molecule has 3 aromatic rings. The molecule has 1 heterocycles. The Morgan fingerprint density at radius 1 is 1.00 bits per heavy atom. The minimum Gasteiger partial charge on any atom is -0.276 e. The van der Waals surface area contributed by atoms with Gasteiger partial charge in [0.25, 0.3) is 5.56 Å². The molecule has 0 radical (unpaired) electrons. The number of hydrogen-bond donors (Lipinski definition) is 0. The fourth-order valence-electron chi connectivity index (χ4n) is 3.33. The van der Waals surface area contributed by atoms with Crippen LogP contribution in [-0.2, 0) is 12.7 Å². The summed E-state index contributed by atoms with van der Waals surface area (Å²) in [4.78, 5) is 12.9. The fourth-order valence-corrected chi connectivity index (χ4v) is 4.03. The molecule has 1 fully saturated rings. The zero-order valence-corrected chi connectivity index (χ0v) is 15.8. The van der Waals surface area contributed by atoms with Crippen LogP contribution >= 0.6 is 15.9 Å². The van der Waals surface area contributed by atoms with Crippen molar-refractivity contribution in [1.82, 2.24) is 9.36 Å². The Bertz CT molecular complexity index is 1030. The Labute approximate surface area is 162 Å². The van der Waals surface area contributed by atoms with E-state index in [9.17, 15) is 18.0 Å². The molecule has 3 nitrogen and oxygen atoms in total. The zero-order valence-electron chi connectivity index (χ0n) is 14.2. The first-order valence-electron chi connectivity index (χ1n) is 8.59. The molecule has 0 saturated heterocycles. The maximum atomic E-state index is 13.6. The van der Waals surface area contributed by atoms with E-state index in [1.807, 2.05) is 30.3 Å². The molecule has 27 heavy (non-hydrogen) atoms. The summed E-state index contributed by atoms with van der Waals surface area (Å²) in [7, 11) is 0. The standard InChI is InChI=1S/C20H16BrF3N2O/c21-17-18(14-10-11-14)25(12-13-6-2-1-3-7-13)26(19(17)27)16-9-5-4-8-15(16)20(22,23)24/h1-9,14H,10-12H2. The van der Waals surface area contributed by atoms with Crippen LogP contribution in [0.25, 0.3) is 5.69 Å². The van der Waals surface area contributed by atoms with Crippen LogP contribution in [0.5, 0.6) is 0 Å². The van der Waals surface area contributed by atoms with E-state index in [4.69, 9.17) is 0 Å². The van der Waals surface area contributed by atoms with Crippen LogP contribution in [0.2, 0.25) is 0 Å². The van der Waals surface area contributed by atoms with E-state index in [0.717, 1.165) is 34.8 Å². The quantitative estimate of drug-likeness (QED) is 0.541. The monoisotopic (exact) mass is 436 g/mol. The van der Waals surface area contributed by atoms with E-state index in [-0.39, 0.29) is 11.6 Å². The molecule has 1 aromatic heterocycles. The smallest absolute Gasteiger partial charge is 0.276 e.